The van der Waals surface area contributed by atoms with E-state index < -0.39 is 12.1 Å². The third kappa shape index (κ3) is 4.23. The third-order valence-electron chi connectivity index (χ3n) is 7.38. The van der Waals surface area contributed by atoms with Crippen molar-refractivity contribution >= 4 is 33.3 Å². The molecule has 0 aromatic carbocycles. The van der Waals surface area contributed by atoms with E-state index in [4.69, 9.17) is 15.0 Å². The van der Waals surface area contributed by atoms with Crippen molar-refractivity contribution in [3.63, 3.8) is 0 Å². The molecule has 2 fully saturated rings. The second-order valence-electron chi connectivity index (χ2n) is 9.92. The summed E-state index contributed by atoms with van der Waals surface area (Å²) in [5, 5.41) is 37.9. The highest BCUT2D eigenvalue weighted by Gasteiger charge is 2.35. The molecule has 35 heavy (non-hydrogen) atoms. The van der Waals surface area contributed by atoms with Crippen LogP contribution in [0.4, 0.5) is 11.8 Å². The molecule has 0 amide bonds. The van der Waals surface area contributed by atoms with Gasteiger partial charge >= 0.3 is 0 Å². The summed E-state index contributed by atoms with van der Waals surface area (Å²) in [5.74, 6) is 2.07. The number of hydrogen-bond donors (Lipinski definition) is 5. The predicted molar refractivity (Wildman–Crippen MR) is 136 cm³/mol. The molecule has 5 N–H and O–H groups in total. The number of hydrogen-bond acceptors (Lipinski definition) is 10. The first-order valence-electron chi connectivity index (χ1n) is 12.4. The fraction of sp³-hybridized carbons (Fsp3) is 0.520. The number of aliphatic hydroxyl groups excluding tert-OH is 3. The lowest BCUT2D eigenvalue weighted by Crippen LogP contribution is -2.31. The molecule has 0 aliphatic heterocycles. The van der Waals surface area contributed by atoms with Gasteiger partial charge in [-0.1, -0.05) is 6.42 Å². The Morgan fingerprint density at radius 3 is 2.66 bits per heavy atom. The molecule has 3 aromatic heterocycles. The zero-order valence-electron chi connectivity index (χ0n) is 19.7. The monoisotopic (exact) mass is 494 g/mol. The second kappa shape index (κ2) is 9.00. The van der Waals surface area contributed by atoms with Crippen LogP contribution >= 0.6 is 11.3 Å². The summed E-state index contributed by atoms with van der Waals surface area (Å²) in [6.45, 7) is 2.49. The van der Waals surface area contributed by atoms with Crippen LogP contribution in [0, 0.1) is 12.8 Å². The number of anilines is 2. The zero-order valence-corrected chi connectivity index (χ0v) is 20.5. The van der Waals surface area contributed by atoms with Gasteiger partial charge in [0, 0.05) is 18.7 Å². The van der Waals surface area contributed by atoms with Gasteiger partial charge in [0.2, 0.25) is 5.95 Å². The Bertz CT molecular complexity index is 1300. The summed E-state index contributed by atoms with van der Waals surface area (Å²) in [6, 6.07) is 1.49. The van der Waals surface area contributed by atoms with Crippen molar-refractivity contribution in [3.05, 3.63) is 35.0 Å². The van der Waals surface area contributed by atoms with Crippen LogP contribution in [0.5, 0.6) is 0 Å². The lowest BCUT2D eigenvalue weighted by atomic mass is 9.85. The molecule has 0 saturated heterocycles. The van der Waals surface area contributed by atoms with Crippen LogP contribution in [0.1, 0.15) is 55.8 Å². The van der Waals surface area contributed by atoms with Gasteiger partial charge in [0.25, 0.3) is 0 Å². The van der Waals surface area contributed by atoms with Crippen LogP contribution in [-0.2, 0) is 0 Å². The van der Waals surface area contributed by atoms with Crippen molar-refractivity contribution in [3.8, 4) is 10.6 Å². The molecule has 0 bridgehead atoms. The Kier molecular flexibility index (Phi) is 5.82. The Labute approximate surface area is 207 Å². The average Bonchev–Trinajstić information content (AvgIpc) is 3.51. The van der Waals surface area contributed by atoms with Gasteiger partial charge in [-0.25, -0.2) is 9.97 Å². The van der Waals surface area contributed by atoms with E-state index in [2.05, 4.69) is 15.6 Å². The molecule has 3 aliphatic rings. The normalized spacial score (nSPS) is 22.6. The van der Waals surface area contributed by atoms with E-state index in [1.54, 1.807) is 11.3 Å². The molecule has 2 atom stereocenters. The van der Waals surface area contributed by atoms with E-state index in [9.17, 15) is 15.3 Å². The van der Waals surface area contributed by atoms with E-state index in [1.807, 2.05) is 19.2 Å². The maximum absolute atomic E-state index is 10.6. The standard InChI is InChI=1S/C25H30N6O3S/c1-12-18(24-30-20-17(35-24)7-8-26-19(20)14-5-6-14)23(29-16-9-15(11-32)21(33)22(16)34)31-25(28-12)27-10-13-3-2-4-13/h7-8,13-14,16,22,32-34H,2-6,9-11H2,1H3,(H2,27,28,29,31)/t16-,22+/m1/s1. The Hall–Kier alpha value is -2.82. The number of nitrogens with one attached hydrogen (secondary N) is 2. The van der Waals surface area contributed by atoms with E-state index >= 15 is 0 Å². The minimum atomic E-state index is -1.12. The lowest BCUT2D eigenvalue weighted by Gasteiger charge is -2.26. The van der Waals surface area contributed by atoms with Crippen molar-refractivity contribution in [2.45, 2.75) is 63.5 Å². The summed E-state index contributed by atoms with van der Waals surface area (Å²) >= 11 is 1.59. The van der Waals surface area contributed by atoms with Crippen LogP contribution < -0.4 is 10.6 Å². The van der Waals surface area contributed by atoms with E-state index in [0.717, 1.165) is 51.6 Å². The minimum Gasteiger partial charge on any atom is -0.509 e. The molecule has 9 nitrogen and oxygen atoms in total. The van der Waals surface area contributed by atoms with Crippen LogP contribution in [0.25, 0.3) is 20.8 Å². The number of thiazole rings is 1. The fourth-order valence-electron chi connectivity index (χ4n) is 4.91. The maximum atomic E-state index is 10.6. The van der Waals surface area contributed by atoms with Gasteiger partial charge in [0.05, 0.1) is 34.3 Å². The summed E-state index contributed by atoms with van der Waals surface area (Å²) in [7, 11) is 0. The van der Waals surface area contributed by atoms with Crippen molar-refractivity contribution in [2.75, 3.05) is 23.8 Å². The summed E-state index contributed by atoms with van der Waals surface area (Å²) < 4.78 is 1.08. The van der Waals surface area contributed by atoms with Crippen LogP contribution in [-0.4, -0.2) is 60.6 Å². The Morgan fingerprint density at radius 2 is 1.97 bits per heavy atom. The maximum Gasteiger partial charge on any atom is 0.224 e. The molecule has 3 aromatic rings. The fourth-order valence-corrected chi connectivity index (χ4v) is 5.98. The molecule has 10 heteroatoms. The number of nitrogens with zero attached hydrogens (tertiary/aromatic N) is 4. The number of aliphatic hydroxyl groups is 3. The van der Waals surface area contributed by atoms with Gasteiger partial charge in [-0.3, -0.25) is 4.98 Å². The molecule has 0 spiro atoms. The van der Waals surface area contributed by atoms with Gasteiger partial charge in [0.15, 0.2) is 0 Å². The molecule has 0 radical (unpaired) electrons. The van der Waals surface area contributed by atoms with E-state index in [1.165, 1.54) is 19.3 Å². The quantitative estimate of drug-likeness (QED) is 0.316. The van der Waals surface area contributed by atoms with Crippen LogP contribution in [0.15, 0.2) is 23.6 Å². The van der Waals surface area contributed by atoms with Gasteiger partial charge < -0.3 is 26.0 Å². The zero-order chi connectivity index (χ0) is 24.1. The highest BCUT2D eigenvalue weighted by molar-refractivity contribution is 7.21. The second-order valence-corrected chi connectivity index (χ2v) is 10.9. The first kappa shape index (κ1) is 22.6. The lowest BCUT2D eigenvalue weighted by molar-refractivity contribution is 0.148. The third-order valence-corrected chi connectivity index (χ3v) is 8.42. The van der Waals surface area contributed by atoms with Crippen molar-refractivity contribution in [2.24, 2.45) is 5.92 Å². The molecule has 184 valence electrons. The van der Waals surface area contributed by atoms with Gasteiger partial charge in [0.1, 0.15) is 28.2 Å². The first-order valence-corrected chi connectivity index (χ1v) is 13.2. The number of rotatable bonds is 8. The molecule has 6 rings (SSSR count). The number of pyridine rings is 1. The summed E-state index contributed by atoms with van der Waals surface area (Å²) in [4.78, 5) is 19.1. The molecular weight excluding hydrogens is 464 g/mol. The number of fused-ring (bicyclic) bond motifs is 1. The summed E-state index contributed by atoms with van der Waals surface area (Å²) in [5.41, 5.74) is 4.00. The van der Waals surface area contributed by atoms with Crippen molar-refractivity contribution < 1.29 is 15.3 Å². The first-order chi connectivity index (χ1) is 17.0. The molecule has 2 saturated carbocycles. The molecule has 3 heterocycles. The minimum absolute atomic E-state index is 0.166. The van der Waals surface area contributed by atoms with E-state index in [0.29, 0.717) is 35.6 Å². The van der Waals surface area contributed by atoms with Gasteiger partial charge in [-0.2, -0.15) is 4.98 Å². The smallest absolute Gasteiger partial charge is 0.224 e. The SMILES string of the molecule is Cc1nc(NCC2CCC2)nc(N[C@@H]2CC(CO)=C(O)[C@H]2O)c1-c1nc2c(C3CC3)nccc2s1. The van der Waals surface area contributed by atoms with Gasteiger partial charge in [-0.05, 0) is 56.6 Å². The molecule has 0 unspecified atom stereocenters. The largest absolute Gasteiger partial charge is 0.509 e. The van der Waals surface area contributed by atoms with Crippen molar-refractivity contribution in [1.82, 2.24) is 19.9 Å². The highest BCUT2D eigenvalue weighted by Crippen LogP contribution is 2.44. The predicted octanol–water partition coefficient (Wildman–Crippen LogP) is 3.90. The highest BCUT2D eigenvalue weighted by atomic mass is 32.1. The molecular formula is C25H30N6O3S. The van der Waals surface area contributed by atoms with Crippen LogP contribution in [0.3, 0.4) is 0 Å². The van der Waals surface area contributed by atoms with Crippen LogP contribution in [0.2, 0.25) is 0 Å². The molecule has 3 aliphatic carbocycles. The van der Waals surface area contributed by atoms with Gasteiger partial charge in [-0.15, -0.1) is 11.3 Å². The number of aromatic nitrogens is 4. The topological polar surface area (TPSA) is 136 Å². The average molecular weight is 495 g/mol. The van der Waals surface area contributed by atoms with E-state index in [-0.39, 0.29) is 12.4 Å². The Morgan fingerprint density at radius 1 is 1.14 bits per heavy atom. The van der Waals surface area contributed by atoms with Crippen molar-refractivity contribution in [1.29, 1.82) is 0 Å². The number of aryl methyl sites for hydroxylation is 1. The Balaban J connectivity index is 1.38. The summed E-state index contributed by atoms with van der Waals surface area (Å²) in [6.07, 6.45) is 7.09.